The molecule has 1 N–H and O–H groups in total. The van der Waals surface area contributed by atoms with Crippen LogP contribution in [0.15, 0.2) is 53.4 Å². The Hall–Kier alpha value is -2.86. The maximum atomic E-state index is 12.6. The van der Waals surface area contributed by atoms with E-state index in [4.69, 9.17) is 0 Å². The van der Waals surface area contributed by atoms with E-state index >= 15 is 0 Å². The molecule has 3 amide bonds. The normalized spacial score (nSPS) is 15.6. The predicted molar refractivity (Wildman–Crippen MR) is 113 cm³/mol. The lowest BCUT2D eigenvalue weighted by molar-refractivity contribution is -0.127. The highest BCUT2D eigenvalue weighted by Crippen LogP contribution is 2.32. The van der Waals surface area contributed by atoms with Crippen LogP contribution in [0.1, 0.15) is 36.5 Å². The lowest BCUT2D eigenvalue weighted by Gasteiger charge is -2.12. The molecule has 3 rings (SSSR count). The lowest BCUT2D eigenvalue weighted by Crippen LogP contribution is -2.36. The summed E-state index contributed by atoms with van der Waals surface area (Å²) in [6, 6.07) is 15.2. The van der Waals surface area contributed by atoms with Crippen LogP contribution in [0.5, 0.6) is 0 Å². The van der Waals surface area contributed by atoms with Gasteiger partial charge in [0, 0.05) is 5.69 Å². The summed E-state index contributed by atoms with van der Waals surface area (Å²) in [5.74, 6) is -0.427. The molecule has 0 atom stereocenters. The van der Waals surface area contributed by atoms with E-state index < -0.39 is 17.1 Å². The molecule has 0 spiro atoms. The fourth-order valence-electron chi connectivity index (χ4n) is 2.75. The fourth-order valence-corrected chi connectivity index (χ4v) is 3.58. The Kier molecular flexibility index (Phi) is 5.99. The summed E-state index contributed by atoms with van der Waals surface area (Å²) in [6.45, 7) is 5.88. The van der Waals surface area contributed by atoms with Gasteiger partial charge in [-0.1, -0.05) is 55.8 Å². The van der Waals surface area contributed by atoms with Gasteiger partial charge >= 0.3 is 0 Å². The van der Waals surface area contributed by atoms with Crippen molar-refractivity contribution in [2.75, 3.05) is 11.9 Å². The Morgan fingerprint density at radius 3 is 2.32 bits per heavy atom. The van der Waals surface area contributed by atoms with Gasteiger partial charge in [-0.3, -0.25) is 19.3 Å². The molecule has 144 valence electrons. The molecule has 5 nitrogen and oxygen atoms in total. The number of thioether (sulfide) groups is 1. The SMILES string of the molecule is Cc1ccc(NC(=O)CN2C(=O)S/C(=C\c3ccc(C(C)C)cc3)C2=O)cc1. The molecule has 0 radical (unpaired) electrons. The summed E-state index contributed by atoms with van der Waals surface area (Å²) >= 11 is 0.856. The highest BCUT2D eigenvalue weighted by atomic mass is 32.2. The maximum Gasteiger partial charge on any atom is 0.294 e. The van der Waals surface area contributed by atoms with Gasteiger partial charge in [0.05, 0.1) is 4.91 Å². The van der Waals surface area contributed by atoms with Crippen molar-refractivity contribution in [3.63, 3.8) is 0 Å². The minimum atomic E-state index is -0.443. The summed E-state index contributed by atoms with van der Waals surface area (Å²) in [7, 11) is 0. The van der Waals surface area contributed by atoms with E-state index in [1.807, 2.05) is 43.3 Å². The zero-order valence-electron chi connectivity index (χ0n) is 16.1. The van der Waals surface area contributed by atoms with Gasteiger partial charge in [0.2, 0.25) is 5.91 Å². The molecule has 0 aromatic heterocycles. The van der Waals surface area contributed by atoms with Gasteiger partial charge in [-0.05, 0) is 53.9 Å². The van der Waals surface area contributed by atoms with Crippen LogP contribution in [0.2, 0.25) is 0 Å². The lowest BCUT2D eigenvalue weighted by atomic mass is 10.0. The molecule has 0 aliphatic carbocycles. The summed E-state index contributed by atoms with van der Waals surface area (Å²) in [5, 5.41) is 2.27. The second kappa shape index (κ2) is 8.44. The van der Waals surface area contributed by atoms with Crippen LogP contribution >= 0.6 is 11.8 Å². The highest BCUT2D eigenvalue weighted by Gasteiger charge is 2.36. The first-order chi connectivity index (χ1) is 13.3. The topological polar surface area (TPSA) is 66.5 Å². The number of anilines is 1. The second-order valence-electron chi connectivity index (χ2n) is 7.00. The number of hydrogen-bond donors (Lipinski definition) is 1. The van der Waals surface area contributed by atoms with E-state index in [2.05, 4.69) is 19.2 Å². The van der Waals surface area contributed by atoms with E-state index in [0.717, 1.165) is 27.8 Å². The van der Waals surface area contributed by atoms with Crippen molar-refractivity contribution in [3.05, 3.63) is 70.1 Å². The standard InChI is InChI=1S/C22H22N2O3S/c1-14(2)17-8-6-16(7-9-17)12-19-21(26)24(22(27)28-19)13-20(25)23-18-10-4-15(3)5-11-18/h4-12,14H,13H2,1-3H3,(H,23,25)/b19-12-. The van der Waals surface area contributed by atoms with Gasteiger partial charge in [-0.2, -0.15) is 0 Å². The van der Waals surface area contributed by atoms with Crippen molar-refractivity contribution in [2.45, 2.75) is 26.7 Å². The Bertz CT molecular complexity index is 931. The minimum absolute atomic E-state index is 0.303. The smallest absolute Gasteiger partial charge is 0.294 e. The number of carbonyl (C=O) groups is 3. The molecule has 2 aromatic rings. The average molecular weight is 394 g/mol. The van der Waals surface area contributed by atoms with Gasteiger partial charge in [-0.15, -0.1) is 0 Å². The predicted octanol–water partition coefficient (Wildman–Crippen LogP) is 4.79. The summed E-state index contributed by atoms with van der Waals surface area (Å²) in [4.78, 5) is 38.3. The molecule has 28 heavy (non-hydrogen) atoms. The Labute approximate surface area is 168 Å². The number of benzene rings is 2. The minimum Gasteiger partial charge on any atom is -0.325 e. The highest BCUT2D eigenvalue weighted by molar-refractivity contribution is 8.18. The van der Waals surface area contributed by atoms with E-state index in [1.54, 1.807) is 18.2 Å². The Morgan fingerprint density at radius 2 is 1.71 bits per heavy atom. The fraction of sp³-hybridized carbons (Fsp3) is 0.227. The molecular formula is C22H22N2O3S. The first-order valence-electron chi connectivity index (χ1n) is 9.05. The van der Waals surface area contributed by atoms with E-state index in [-0.39, 0.29) is 6.54 Å². The van der Waals surface area contributed by atoms with Crippen LogP contribution in [0.4, 0.5) is 10.5 Å². The number of hydrogen-bond acceptors (Lipinski definition) is 4. The first-order valence-corrected chi connectivity index (χ1v) is 9.87. The third-order valence-corrected chi connectivity index (χ3v) is 5.32. The zero-order valence-corrected chi connectivity index (χ0v) is 16.9. The van der Waals surface area contributed by atoms with Gasteiger partial charge in [-0.25, -0.2) is 0 Å². The number of nitrogens with zero attached hydrogens (tertiary/aromatic N) is 1. The van der Waals surface area contributed by atoms with Crippen LogP contribution in [0.25, 0.3) is 6.08 Å². The quantitative estimate of drug-likeness (QED) is 0.740. The molecule has 6 heteroatoms. The third kappa shape index (κ3) is 4.70. The molecule has 2 aromatic carbocycles. The molecule has 0 unspecified atom stereocenters. The Balaban J connectivity index is 1.67. The molecule has 1 aliphatic rings. The van der Waals surface area contributed by atoms with Crippen molar-refractivity contribution in [3.8, 4) is 0 Å². The van der Waals surface area contributed by atoms with Crippen molar-refractivity contribution < 1.29 is 14.4 Å². The molecule has 1 saturated heterocycles. The monoisotopic (exact) mass is 394 g/mol. The molecule has 1 fully saturated rings. The van der Waals surface area contributed by atoms with E-state index in [1.165, 1.54) is 5.56 Å². The van der Waals surface area contributed by atoms with E-state index in [9.17, 15) is 14.4 Å². The van der Waals surface area contributed by atoms with Crippen LogP contribution < -0.4 is 5.32 Å². The number of rotatable bonds is 5. The average Bonchev–Trinajstić information content (AvgIpc) is 2.91. The second-order valence-corrected chi connectivity index (χ2v) is 8.00. The van der Waals surface area contributed by atoms with Crippen LogP contribution in [0.3, 0.4) is 0 Å². The van der Waals surface area contributed by atoms with E-state index in [0.29, 0.717) is 16.5 Å². The van der Waals surface area contributed by atoms with Crippen LogP contribution in [-0.2, 0) is 9.59 Å². The summed E-state index contributed by atoms with van der Waals surface area (Å²) < 4.78 is 0. The molecule has 0 saturated carbocycles. The largest absolute Gasteiger partial charge is 0.325 e. The molecular weight excluding hydrogens is 372 g/mol. The van der Waals surface area contributed by atoms with Gasteiger partial charge < -0.3 is 5.32 Å². The zero-order chi connectivity index (χ0) is 20.3. The van der Waals surface area contributed by atoms with Gasteiger partial charge in [0.15, 0.2) is 0 Å². The molecule has 0 bridgehead atoms. The van der Waals surface area contributed by atoms with Crippen molar-refractivity contribution in [2.24, 2.45) is 0 Å². The van der Waals surface area contributed by atoms with Crippen molar-refractivity contribution >= 4 is 40.6 Å². The van der Waals surface area contributed by atoms with Crippen molar-refractivity contribution in [1.82, 2.24) is 4.90 Å². The van der Waals surface area contributed by atoms with Gasteiger partial charge in [0.25, 0.3) is 11.1 Å². The van der Waals surface area contributed by atoms with Crippen LogP contribution in [0, 0.1) is 6.92 Å². The van der Waals surface area contributed by atoms with Crippen molar-refractivity contribution in [1.29, 1.82) is 0 Å². The number of amides is 3. The third-order valence-electron chi connectivity index (χ3n) is 4.41. The molecule has 1 aliphatic heterocycles. The first kappa shape index (κ1) is 19.9. The number of carbonyl (C=O) groups excluding carboxylic acids is 3. The van der Waals surface area contributed by atoms with Crippen LogP contribution in [-0.4, -0.2) is 28.5 Å². The number of imide groups is 1. The molecule has 1 heterocycles. The maximum absolute atomic E-state index is 12.6. The Morgan fingerprint density at radius 1 is 1.07 bits per heavy atom. The number of nitrogens with one attached hydrogen (secondary N) is 1. The number of aryl methyl sites for hydroxylation is 1. The summed E-state index contributed by atoms with van der Waals surface area (Å²) in [6.07, 6.45) is 1.69. The summed E-state index contributed by atoms with van der Waals surface area (Å²) in [5.41, 5.74) is 3.76. The van der Waals surface area contributed by atoms with Gasteiger partial charge in [0.1, 0.15) is 6.54 Å².